The number of ether oxygens (including phenoxy) is 2. The van der Waals surface area contributed by atoms with E-state index >= 15 is 0 Å². The zero-order chi connectivity index (χ0) is 29.0. The second kappa shape index (κ2) is 11.1. The van der Waals surface area contributed by atoms with Crippen LogP contribution in [-0.4, -0.2) is 33.0 Å². The van der Waals surface area contributed by atoms with Gasteiger partial charge in [-0.25, -0.2) is 9.67 Å². The lowest BCUT2D eigenvalue weighted by Gasteiger charge is -2.20. The van der Waals surface area contributed by atoms with Crippen LogP contribution < -0.4 is 14.8 Å². The highest BCUT2D eigenvalue weighted by Gasteiger charge is 2.61. The number of hydrogen-bond donors (Lipinski definition) is 1. The molecule has 1 aromatic heterocycles. The molecule has 208 valence electrons. The van der Waals surface area contributed by atoms with Gasteiger partial charge in [-0.2, -0.15) is 22.0 Å². The van der Waals surface area contributed by atoms with E-state index in [0.717, 1.165) is 12.1 Å². The molecule has 0 aliphatic carbocycles. The quantitative estimate of drug-likeness (QED) is 0.197. The Hall–Kier alpha value is -5.26. The molecule has 0 bridgehead atoms. The Morgan fingerprint density at radius 2 is 1.34 bits per heavy atom. The minimum atomic E-state index is -5.84. The fourth-order valence-electron chi connectivity index (χ4n) is 3.60. The van der Waals surface area contributed by atoms with Crippen LogP contribution in [0.2, 0.25) is 0 Å². The molecule has 1 N–H and O–H groups in total. The maximum atomic E-state index is 13.1. The number of amides is 1. The van der Waals surface area contributed by atoms with E-state index in [1.54, 1.807) is 48.5 Å². The maximum Gasteiger partial charge on any atom is 0.499 e. The summed E-state index contributed by atoms with van der Waals surface area (Å²) in [6.45, 7) is 0. The number of rotatable bonds is 8. The predicted octanol–water partition coefficient (Wildman–Crippen LogP) is 7.51. The van der Waals surface area contributed by atoms with Crippen molar-refractivity contribution in [3.8, 4) is 34.3 Å². The number of halogens is 5. The van der Waals surface area contributed by atoms with E-state index in [2.05, 4.69) is 20.1 Å². The number of benzene rings is 4. The lowest BCUT2D eigenvalue weighted by Crippen LogP contribution is -2.41. The lowest BCUT2D eigenvalue weighted by atomic mass is 10.1. The van der Waals surface area contributed by atoms with Crippen molar-refractivity contribution < 1.29 is 36.2 Å². The number of nitrogens with one attached hydrogen (secondary N) is 1. The van der Waals surface area contributed by atoms with Crippen molar-refractivity contribution in [1.82, 2.24) is 14.8 Å². The average molecular weight is 566 g/mol. The van der Waals surface area contributed by atoms with Crippen molar-refractivity contribution in [1.29, 1.82) is 0 Å². The summed E-state index contributed by atoms with van der Waals surface area (Å²) in [5.74, 6) is 0.623. The molecule has 12 heteroatoms. The summed E-state index contributed by atoms with van der Waals surface area (Å²) in [6, 6.07) is 27.2. The van der Waals surface area contributed by atoms with Crippen molar-refractivity contribution in [3.05, 3.63) is 115 Å². The number of anilines is 1. The van der Waals surface area contributed by atoms with Crippen LogP contribution in [0.15, 0.2) is 109 Å². The number of aromatic nitrogens is 3. The van der Waals surface area contributed by atoms with Gasteiger partial charge < -0.3 is 14.8 Å². The Kier molecular flexibility index (Phi) is 7.38. The highest BCUT2D eigenvalue weighted by atomic mass is 19.4. The van der Waals surface area contributed by atoms with E-state index in [4.69, 9.17) is 4.74 Å². The van der Waals surface area contributed by atoms with E-state index in [9.17, 15) is 26.7 Å². The molecule has 0 radical (unpaired) electrons. The number of hydrogen-bond acceptors (Lipinski definition) is 5. The van der Waals surface area contributed by atoms with E-state index in [0.29, 0.717) is 39.8 Å². The number of carbonyl (C=O) groups is 1. The van der Waals surface area contributed by atoms with Crippen LogP contribution in [-0.2, 0) is 0 Å². The molecule has 0 saturated carbocycles. The smallest absolute Gasteiger partial charge is 0.457 e. The van der Waals surface area contributed by atoms with Crippen molar-refractivity contribution in [2.45, 2.75) is 12.3 Å². The summed E-state index contributed by atoms with van der Waals surface area (Å²) in [4.78, 5) is 16.9. The molecular weight excluding hydrogens is 547 g/mol. The van der Waals surface area contributed by atoms with Crippen LogP contribution in [0.1, 0.15) is 10.4 Å². The first-order chi connectivity index (χ1) is 19.6. The van der Waals surface area contributed by atoms with E-state index < -0.39 is 18.0 Å². The number of carbonyl (C=O) groups excluding carboxylic acids is 1. The fourth-order valence-corrected chi connectivity index (χ4v) is 3.60. The van der Waals surface area contributed by atoms with Crippen LogP contribution in [0.5, 0.6) is 17.2 Å². The Labute approximate surface area is 229 Å². The predicted molar refractivity (Wildman–Crippen MR) is 139 cm³/mol. The molecule has 7 nitrogen and oxygen atoms in total. The Bertz CT molecular complexity index is 1620. The summed E-state index contributed by atoms with van der Waals surface area (Å²) in [5.41, 5.74) is 1.95. The van der Waals surface area contributed by atoms with Gasteiger partial charge in [-0.05, 0) is 84.9 Å². The first-order valence-corrected chi connectivity index (χ1v) is 12.0. The fraction of sp³-hybridized carbons (Fsp3) is 0.0690. The molecular formula is C29H19F5N4O3. The number of nitrogens with zero attached hydrogens (tertiary/aromatic N) is 3. The summed E-state index contributed by atoms with van der Waals surface area (Å²) in [6.07, 6.45) is -9.80. The molecule has 4 aromatic carbocycles. The Morgan fingerprint density at radius 3 is 1.98 bits per heavy atom. The van der Waals surface area contributed by atoms with Gasteiger partial charge >= 0.3 is 12.3 Å². The standard InChI is InChI=1S/C29H19F5N4O3/c30-28(31,32)29(33,34)41-25-16-12-22(13-17-25)38-18-35-26(37-38)19-6-10-21(11-7-19)36-27(39)20-8-14-24(15-9-20)40-23-4-2-1-3-5-23/h1-18H,(H,36,39). The average Bonchev–Trinajstić information content (AvgIpc) is 3.44. The Balaban J connectivity index is 1.20. The van der Waals surface area contributed by atoms with Crippen LogP contribution in [0, 0.1) is 0 Å². The molecule has 0 fully saturated rings. The zero-order valence-corrected chi connectivity index (χ0v) is 20.8. The Morgan fingerprint density at radius 1 is 0.732 bits per heavy atom. The molecule has 1 heterocycles. The SMILES string of the molecule is O=C(Nc1ccc(-c2ncn(-c3ccc(OC(F)(F)C(F)(F)F)cc3)n2)cc1)c1ccc(Oc2ccccc2)cc1. The van der Waals surface area contributed by atoms with Gasteiger partial charge in [0.1, 0.15) is 23.6 Å². The molecule has 0 aliphatic rings. The number of alkyl halides is 5. The summed E-state index contributed by atoms with van der Waals surface area (Å²) >= 11 is 0. The van der Waals surface area contributed by atoms with Gasteiger partial charge in [-0.3, -0.25) is 4.79 Å². The second-order valence-electron chi connectivity index (χ2n) is 8.59. The third-order valence-electron chi connectivity index (χ3n) is 5.67. The van der Waals surface area contributed by atoms with Crippen LogP contribution >= 0.6 is 0 Å². The molecule has 0 unspecified atom stereocenters. The minimum absolute atomic E-state index is 0.313. The van der Waals surface area contributed by atoms with Crippen molar-refractivity contribution in [2.24, 2.45) is 0 Å². The summed E-state index contributed by atoms with van der Waals surface area (Å²) in [5, 5.41) is 7.11. The second-order valence-corrected chi connectivity index (χ2v) is 8.59. The maximum absolute atomic E-state index is 13.1. The molecule has 1 amide bonds. The molecule has 0 spiro atoms. The molecule has 41 heavy (non-hydrogen) atoms. The highest BCUT2D eigenvalue weighted by molar-refractivity contribution is 6.04. The lowest BCUT2D eigenvalue weighted by molar-refractivity contribution is -0.360. The van der Waals surface area contributed by atoms with Crippen LogP contribution in [0.25, 0.3) is 17.1 Å². The van der Waals surface area contributed by atoms with Gasteiger partial charge in [0.2, 0.25) is 0 Å². The first-order valence-electron chi connectivity index (χ1n) is 12.0. The van der Waals surface area contributed by atoms with E-state index in [1.165, 1.54) is 23.1 Å². The van der Waals surface area contributed by atoms with Gasteiger partial charge in [0.05, 0.1) is 5.69 Å². The van der Waals surface area contributed by atoms with Crippen molar-refractivity contribution in [3.63, 3.8) is 0 Å². The number of para-hydroxylation sites is 1. The van der Waals surface area contributed by atoms with Crippen molar-refractivity contribution in [2.75, 3.05) is 5.32 Å². The van der Waals surface area contributed by atoms with Gasteiger partial charge in [0.15, 0.2) is 5.82 Å². The normalized spacial score (nSPS) is 11.6. The van der Waals surface area contributed by atoms with Crippen LogP contribution in [0.3, 0.4) is 0 Å². The zero-order valence-electron chi connectivity index (χ0n) is 20.8. The third-order valence-corrected chi connectivity index (χ3v) is 5.67. The van der Waals surface area contributed by atoms with Crippen molar-refractivity contribution >= 4 is 11.6 Å². The molecule has 0 aliphatic heterocycles. The molecule has 0 atom stereocenters. The topological polar surface area (TPSA) is 78.3 Å². The van der Waals surface area contributed by atoms with Gasteiger partial charge in [-0.15, -0.1) is 5.10 Å². The third kappa shape index (κ3) is 6.49. The first kappa shape index (κ1) is 27.3. The molecule has 5 rings (SSSR count). The minimum Gasteiger partial charge on any atom is -0.457 e. The highest BCUT2D eigenvalue weighted by Crippen LogP contribution is 2.37. The van der Waals surface area contributed by atoms with E-state index in [1.807, 2.05) is 30.3 Å². The van der Waals surface area contributed by atoms with Gasteiger partial charge in [-0.1, -0.05) is 18.2 Å². The molecule has 5 aromatic rings. The summed E-state index contributed by atoms with van der Waals surface area (Å²) in [7, 11) is 0. The van der Waals surface area contributed by atoms with Crippen LogP contribution in [0.4, 0.5) is 27.6 Å². The van der Waals surface area contributed by atoms with E-state index in [-0.39, 0.29) is 5.91 Å². The largest absolute Gasteiger partial charge is 0.499 e. The summed E-state index contributed by atoms with van der Waals surface area (Å²) < 4.78 is 74.1. The van der Waals surface area contributed by atoms with Gasteiger partial charge in [0, 0.05) is 16.8 Å². The monoisotopic (exact) mass is 566 g/mol. The molecule has 0 saturated heterocycles. The van der Waals surface area contributed by atoms with Gasteiger partial charge in [0.25, 0.3) is 5.91 Å².